The monoisotopic (exact) mass is 245 g/mol. The Morgan fingerprint density at radius 2 is 2.12 bits per heavy atom. The molecule has 5 nitrogen and oxygen atoms in total. The molecule has 0 bridgehead atoms. The molecular weight excluding hydrogens is 230 g/mol. The number of nitriles is 1. The lowest BCUT2D eigenvalue weighted by Crippen LogP contribution is -2.21. The van der Waals surface area contributed by atoms with E-state index in [9.17, 15) is 13.2 Å². The van der Waals surface area contributed by atoms with Crippen molar-refractivity contribution in [3.63, 3.8) is 0 Å². The summed E-state index contributed by atoms with van der Waals surface area (Å²) in [5.74, 6) is -0.689. The minimum atomic E-state index is -3.26. The molecule has 1 fully saturated rings. The van der Waals surface area contributed by atoms with Crippen molar-refractivity contribution in [2.24, 2.45) is 5.41 Å². The zero-order chi connectivity index (χ0) is 12.2. The number of ether oxygens (including phenoxy) is 1. The van der Waals surface area contributed by atoms with Crippen LogP contribution in [0.5, 0.6) is 0 Å². The SMILES string of the molecule is COC(=O)CCS(=O)(=O)CC1(CC#N)CC1. The van der Waals surface area contributed by atoms with Crippen LogP contribution in [0, 0.1) is 16.7 Å². The van der Waals surface area contributed by atoms with Gasteiger partial charge in [-0.15, -0.1) is 0 Å². The van der Waals surface area contributed by atoms with E-state index in [-0.39, 0.29) is 29.8 Å². The van der Waals surface area contributed by atoms with Gasteiger partial charge in [0.15, 0.2) is 9.84 Å². The second-order valence-corrected chi connectivity index (χ2v) is 6.44. The van der Waals surface area contributed by atoms with E-state index >= 15 is 0 Å². The summed E-state index contributed by atoms with van der Waals surface area (Å²) in [7, 11) is -2.03. The molecule has 6 heteroatoms. The Morgan fingerprint density at radius 3 is 2.56 bits per heavy atom. The van der Waals surface area contributed by atoms with E-state index in [4.69, 9.17) is 5.26 Å². The summed E-state index contributed by atoms with van der Waals surface area (Å²) in [5, 5.41) is 8.58. The maximum absolute atomic E-state index is 11.7. The summed E-state index contributed by atoms with van der Waals surface area (Å²) in [4.78, 5) is 10.8. The molecule has 0 amide bonds. The van der Waals surface area contributed by atoms with Crippen LogP contribution in [0.3, 0.4) is 0 Å². The Kier molecular flexibility index (Phi) is 3.92. The molecular formula is C10H15NO4S. The fourth-order valence-corrected chi connectivity index (χ4v) is 3.54. The number of carbonyl (C=O) groups is 1. The molecule has 1 rings (SSSR count). The largest absolute Gasteiger partial charge is 0.469 e. The fraction of sp³-hybridized carbons (Fsp3) is 0.800. The molecule has 0 aromatic carbocycles. The van der Waals surface area contributed by atoms with Crippen molar-refractivity contribution in [3.8, 4) is 6.07 Å². The van der Waals surface area contributed by atoms with Crippen LogP contribution in [0.15, 0.2) is 0 Å². The van der Waals surface area contributed by atoms with Gasteiger partial charge in [-0.25, -0.2) is 8.42 Å². The summed E-state index contributed by atoms with van der Waals surface area (Å²) in [6.07, 6.45) is 1.75. The van der Waals surface area contributed by atoms with Gasteiger partial charge in [0.05, 0.1) is 31.1 Å². The van der Waals surface area contributed by atoms with E-state index in [1.54, 1.807) is 0 Å². The summed E-state index contributed by atoms with van der Waals surface area (Å²) < 4.78 is 27.7. The topological polar surface area (TPSA) is 84.2 Å². The molecule has 0 spiro atoms. The number of hydrogen-bond donors (Lipinski definition) is 0. The minimum Gasteiger partial charge on any atom is -0.469 e. The van der Waals surface area contributed by atoms with Gasteiger partial charge in [0.2, 0.25) is 0 Å². The van der Waals surface area contributed by atoms with Crippen LogP contribution in [0.2, 0.25) is 0 Å². The van der Waals surface area contributed by atoms with E-state index in [2.05, 4.69) is 4.74 Å². The molecule has 0 radical (unpaired) electrons. The molecule has 0 aliphatic heterocycles. The van der Waals surface area contributed by atoms with Gasteiger partial charge in [-0.2, -0.15) is 5.26 Å². The molecule has 0 heterocycles. The van der Waals surface area contributed by atoms with Gasteiger partial charge in [0, 0.05) is 6.42 Å². The maximum Gasteiger partial charge on any atom is 0.306 e. The molecule has 0 N–H and O–H groups in total. The molecule has 1 saturated carbocycles. The van der Waals surface area contributed by atoms with Gasteiger partial charge in [-0.05, 0) is 18.3 Å². The average Bonchev–Trinajstić information content (AvgIpc) is 2.94. The van der Waals surface area contributed by atoms with Crippen LogP contribution in [-0.4, -0.2) is 33.0 Å². The highest BCUT2D eigenvalue weighted by Crippen LogP contribution is 2.49. The molecule has 0 atom stereocenters. The lowest BCUT2D eigenvalue weighted by molar-refractivity contribution is -0.140. The van der Waals surface area contributed by atoms with Gasteiger partial charge in [0.1, 0.15) is 0 Å². The highest BCUT2D eigenvalue weighted by Gasteiger charge is 2.45. The van der Waals surface area contributed by atoms with Crippen LogP contribution in [0.25, 0.3) is 0 Å². The number of methoxy groups -OCH3 is 1. The molecule has 0 saturated heterocycles. The third-order valence-corrected chi connectivity index (χ3v) is 4.66. The highest BCUT2D eigenvalue weighted by molar-refractivity contribution is 7.91. The van der Waals surface area contributed by atoms with Crippen LogP contribution in [0.4, 0.5) is 0 Å². The molecule has 1 aliphatic rings. The Morgan fingerprint density at radius 1 is 1.50 bits per heavy atom. The maximum atomic E-state index is 11.7. The lowest BCUT2D eigenvalue weighted by atomic mass is 10.1. The van der Waals surface area contributed by atoms with E-state index in [1.165, 1.54) is 7.11 Å². The molecule has 16 heavy (non-hydrogen) atoms. The van der Waals surface area contributed by atoms with E-state index in [0.717, 1.165) is 12.8 Å². The summed E-state index contributed by atoms with van der Waals surface area (Å²) in [5.41, 5.74) is -0.330. The third kappa shape index (κ3) is 3.81. The van der Waals surface area contributed by atoms with Crippen LogP contribution in [0.1, 0.15) is 25.7 Å². The van der Waals surface area contributed by atoms with Gasteiger partial charge < -0.3 is 4.74 Å². The van der Waals surface area contributed by atoms with Crippen molar-refractivity contribution in [1.82, 2.24) is 0 Å². The highest BCUT2D eigenvalue weighted by atomic mass is 32.2. The first-order valence-corrected chi connectivity index (χ1v) is 6.89. The van der Waals surface area contributed by atoms with E-state index in [0.29, 0.717) is 0 Å². The summed E-state index contributed by atoms with van der Waals surface area (Å²) >= 11 is 0. The van der Waals surface area contributed by atoms with Gasteiger partial charge >= 0.3 is 5.97 Å². The van der Waals surface area contributed by atoms with Gasteiger partial charge in [0.25, 0.3) is 0 Å². The van der Waals surface area contributed by atoms with Crippen LogP contribution < -0.4 is 0 Å². The van der Waals surface area contributed by atoms with Crippen molar-refractivity contribution in [3.05, 3.63) is 0 Å². The Bertz CT molecular complexity index is 403. The predicted molar refractivity (Wildman–Crippen MR) is 57.2 cm³/mol. The Hall–Kier alpha value is -1.09. The zero-order valence-corrected chi connectivity index (χ0v) is 10.0. The molecule has 0 aromatic heterocycles. The van der Waals surface area contributed by atoms with Crippen LogP contribution in [-0.2, 0) is 19.4 Å². The predicted octanol–water partition coefficient (Wildman–Crippen LogP) is 0.658. The smallest absolute Gasteiger partial charge is 0.306 e. The fourth-order valence-electron chi connectivity index (χ4n) is 1.60. The standard InChI is InChI=1S/C10H15NO4S/c1-15-9(12)2-7-16(13,14)8-10(3-4-10)5-6-11/h2-5,7-8H2,1H3. The summed E-state index contributed by atoms with van der Waals surface area (Å²) in [6.45, 7) is 0. The number of nitrogens with zero attached hydrogens (tertiary/aromatic N) is 1. The minimum absolute atomic E-state index is 0.0184. The van der Waals surface area contributed by atoms with Crippen molar-refractivity contribution < 1.29 is 17.9 Å². The van der Waals surface area contributed by atoms with E-state index < -0.39 is 15.8 Å². The lowest BCUT2D eigenvalue weighted by Gasteiger charge is -2.10. The summed E-state index contributed by atoms with van der Waals surface area (Å²) in [6, 6.07) is 2.01. The second-order valence-electron chi connectivity index (χ2n) is 4.25. The Balaban J connectivity index is 2.47. The van der Waals surface area contributed by atoms with Crippen molar-refractivity contribution in [2.45, 2.75) is 25.7 Å². The van der Waals surface area contributed by atoms with Crippen molar-refractivity contribution in [2.75, 3.05) is 18.6 Å². The van der Waals surface area contributed by atoms with Gasteiger partial charge in [-0.1, -0.05) is 0 Å². The van der Waals surface area contributed by atoms with Crippen molar-refractivity contribution in [1.29, 1.82) is 5.26 Å². The number of rotatable bonds is 6. The number of hydrogen-bond acceptors (Lipinski definition) is 5. The second kappa shape index (κ2) is 4.83. The quantitative estimate of drug-likeness (QED) is 0.642. The third-order valence-electron chi connectivity index (χ3n) is 2.78. The van der Waals surface area contributed by atoms with Gasteiger partial charge in [-0.3, -0.25) is 4.79 Å². The normalized spacial score (nSPS) is 17.5. The molecule has 1 aliphatic carbocycles. The Labute approximate surface area is 95.3 Å². The average molecular weight is 245 g/mol. The van der Waals surface area contributed by atoms with Crippen molar-refractivity contribution >= 4 is 15.8 Å². The first-order valence-electron chi connectivity index (χ1n) is 5.07. The molecule has 90 valence electrons. The zero-order valence-electron chi connectivity index (χ0n) is 9.23. The van der Waals surface area contributed by atoms with Crippen LogP contribution >= 0.6 is 0 Å². The molecule has 0 aromatic rings. The first kappa shape index (κ1) is 13.0. The number of carbonyl (C=O) groups excluding carboxylic acids is 1. The van der Waals surface area contributed by atoms with E-state index in [1.807, 2.05) is 6.07 Å². The first-order chi connectivity index (χ1) is 7.43. The number of sulfone groups is 1. The number of esters is 1. The molecule has 0 unspecified atom stereocenters.